The van der Waals surface area contributed by atoms with Gasteiger partial charge >= 0.3 is 6.03 Å². The lowest BCUT2D eigenvalue weighted by Gasteiger charge is -2.32. The Morgan fingerprint density at radius 2 is 2.18 bits per heavy atom. The van der Waals surface area contributed by atoms with E-state index in [2.05, 4.69) is 15.4 Å². The molecule has 2 amide bonds. The van der Waals surface area contributed by atoms with Crippen LogP contribution in [0.3, 0.4) is 0 Å². The van der Waals surface area contributed by atoms with E-state index < -0.39 is 0 Å². The lowest BCUT2D eigenvalue weighted by atomic mass is 9.98. The highest BCUT2D eigenvalue weighted by molar-refractivity contribution is 5.89. The molecule has 0 aliphatic carbocycles. The van der Waals surface area contributed by atoms with Crippen LogP contribution in [-0.2, 0) is 6.54 Å². The van der Waals surface area contributed by atoms with Crippen LogP contribution in [0.4, 0.5) is 10.5 Å². The predicted octanol–water partition coefficient (Wildman–Crippen LogP) is 2.53. The number of carbonyl (C=O) groups is 1. The number of piperidine rings is 1. The fourth-order valence-electron chi connectivity index (χ4n) is 2.83. The molecule has 0 spiro atoms. The highest BCUT2D eigenvalue weighted by atomic mass is 16.2. The first kappa shape index (κ1) is 14.6. The number of aryl methyl sites for hydroxylation is 1. The van der Waals surface area contributed by atoms with E-state index in [0.717, 1.165) is 38.2 Å². The molecule has 1 fully saturated rings. The average Bonchev–Trinajstić information content (AvgIpc) is 3.03. The minimum absolute atomic E-state index is 0.0212. The van der Waals surface area contributed by atoms with Crippen molar-refractivity contribution in [1.29, 1.82) is 0 Å². The predicted molar refractivity (Wildman–Crippen MR) is 84.5 cm³/mol. The van der Waals surface area contributed by atoms with Crippen LogP contribution in [0.15, 0.2) is 36.9 Å². The summed E-state index contributed by atoms with van der Waals surface area (Å²) < 4.78 is 1.84. The Kier molecular flexibility index (Phi) is 4.37. The highest BCUT2D eigenvalue weighted by Crippen LogP contribution is 2.19. The quantitative estimate of drug-likeness (QED) is 0.947. The lowest BCUT2D eigenvalue weighted by molar-refractivity contribution is 0.168. The maximum absolute atomic E-state index is 12.4. The van der Waals surface area contributed by atoms with Crippen molar-refractivity contribution >= 4 is 11.7 Å². The van der Waals surface area contributed by atoms with Crippen molar-refractivity contribution in [3.8, 4) is 0 Å². The lowest BCUT2D eigenvalue weighted by Crippen LogP contribution is -2.43. The number of hydrogen-bond acceptors (Lipinski definition) is 3. The van der Waals surface area contributed by atoms with Gasteiger partial charge in [-0.25, -0.2) is 9.78 Å². The molecule has 1 saturated heterocycles. The van der Waals surface area contributed by atoms with E-state index >= 15 is 0 Å². The van der Waals surface area contributed by atoms with E-state index in [1.807, 2.05) is 40.8 Å². The van der Waals surface area contributed by atoms with Gasteiger partial charge in [-0.1, -0.05) is 17.7 Å². The minimum atomic E-state index is -0.0212. The van der Waals surface area contributed by atoms with Gasteiger partial charge in [0, 0.05) is 25.3 Å². The van der Waals surface area contributed by atoms with Crippen LogP contribution in [0.25, 0.3) is 0 Å². The van der Waals surface area contributed by atoms with Gasteiger partial charge in [-0.3, -0.25) is 4.68 Å². The number of anilines is 1. The molecule has 0 bridgehead atoms. The van der Waals surface area contributed by atoms with Gasteiger partial charge < -0.3 is 10.2 Å². The van der Waals surface area contributed by atoms with Gasteiger partial charge in [0.15, 0.2) is 0 Å². The first-order chi connectivity index (χ1) is 10.7. The Morgan fingerprint density at radius 1 is 1.36 bits per heavy atom. The zero-order chi connectivity index (χ0) is 15.4. The monoisotopic (exact) mass is 299 g/mol. The molecule has 2 aromatic rings. The summed E-state index contributed by atoms with van der Waals surface area (Å²) in [5.41, 5.74) is 2.03. The van der Waals surface area contributed by atoms with Crippen molar-refractivity contribution in [2.75, 3.05) is 18.4 Å². The van der Waals surface area contributed by atoms with Crippen molar-refractivity contribution in [3.63, 3.8) is 0 Å². The molecule has 6 nitrogen and oxygen atoms in total. The Morgan fingerprint density at radius 3 is 2.91 bits per heavy atom. The Labute approximate surface area is 130 Å². The number of hydrogen-bond donors (Lipinski definition) is 1. The molecular formula is C16H21N5O. The van der Waals surface area contributed by atoms with Gasteiger partial charge in [-0.15, -0.1) is 0 Å². The third kappa shape index (κ3) is 3.63. The molecule has 1 unspecified atom stereocenters. The third-order valence-electron chi connectivity index (χ3n) is 4.02. The fourth-order valence-corrected chi connectivity index (χ4v) is 2.83. The van der Waals surface area contributed by atoms with Crippen molar-refractivity contribution in [3.05, 3.63) is 42.5 Å². The number of urea groups is 1. The number of nitrogens with one attached hydrogen (secondary N) is 1. The van der Waals surface area contributed by atoms with Crippen LogP contribution in [0, 0.1) is 12.8 Å². The molecule has 1 aliphatic rings. The van der Waals surface area contributed by atoms with Gasteiger partial charge in [0.2, 0.25) is 0 Å². The second kappa shape index (κ2) is 6.60. The fraction of sp³-hybridized carbons (Fsp3) is 0.438. The highest BCUT2D eigenvalue weighted by Gasteiger charge is 2.24. The van der Waals surface area contributed by atoms with Crippen molar-refractivity contribution < 1.29 is 4.79 Å². The summed E-state index contributed by atoms with van der Waals surface area (Å²) in [6, 6.07) is 7.85. The summed E-state index contributed by atoms with van der Waals surface area (Å²) in [6.45, 7) is 4.42. The number of likely N-dealkylation sites (tertiary alicyclic amines) is 1. The second-order valence-corrected chi connectivity index (χ2v) is 5.87. The number of nitrogens with zero attached hydrogens (tertiary/aromatic N) is 4. The van der Waals surface area contributed by atoms with Gasteiger partial charge in [-0.2, -0.15) is 5.10 Å². The van der Waals surface area contributed by atoms with Crippen LogP contribution >= 0.6 is 0 Å². The number of benzene rings is 1. The molecule has 1 atom stereocenters. The maximum Gasteiger partial charge on any atom is 0.321 e. The first-order valence-electron chi connectivity index (χ1n) is 7.66. The Bertz CT molecular complexity index is 608. The summed E-state index contributed by atoms with van der Waals surface area (Å²) in [4.78, 5) is 18.2. The van der Waals surface area contributed by atoms with Crippen molar-refractivity contribution in [1.82, 2.24) is 19.7 Å². The topological polar surface area (TPSA) is 63.1 Å². The first-order valence-corrected chi connectivity index (χ1v) is 7.66. The summed E-state index contributed by atoms with van der Waals surface area (Å²) in [5.74, 6) is 0.430. The Balaban J connectivity index is 1.56. The van der Waals surface area contributed by atoms with E-state index in [1.165, 1.54) is 5.56 Å². The smallest absolute Gasteiger partial charge is 0.321 e. The van der Waals surface area contributed by atoms with Crippen LogP contribution in [0.2, 0.25) is 0 Å². The van der Waals surface area contributed by atoms with Crippen molar-refractivity contribution in [2.24, 2.45) is 5.92 Å². The van der Waals surface area contributed by atoms with Crippen molar-refractivity contribution in [2.45, 2.75) is 26.3 Å². The molecule has 3 rings (SSSR count). The van der Waals surface area contributed by atoms with Crippen LogP contribution < -0.4 is 5.32 Å². The zero-order valence-corrected chi connectivity index (χ0v) is 12.8. The largest absolute Gasteiger partial charge is 0.324 e. The molecule has 6 heteroatoms. The van der Waals surface area contributed by atoms with Gasteiger partial charge in [0.05, 0.1) is 0 Å². The van der Waals surface area contributed by atoms with Gasteiger partial charge in [-0.05, 0) is 37.8 Å². The van der Waals surface area contributed by atoms with E-state index in [9.17, 15) is 4.79 Å². The molecular weight excluding hydrogens is 278 g/mol. The molecule has 2 heterocycles. The summed E-state index contributed by atoms with van der Waals surface area (Å²) in [5, 5.41) is 7.11. The number of carbonyl (C=O) groups excluding carboxylic acids is 1. The van der Waals surface area contributed by atoms with E-state index in [1.54, 1.807) is 12.7 Å². The molecule has 1 aromatic carbocycles. The standard InChI is InChI=1S/C16H21N5O/c1-13-4-6-15(7-5-13)19-16(22)20-8-2-3-14(9-20)10-21-12-17-11-18-21/h4-7,11-12,14H,2-3,8-10H2,1H3,(H,19,22). The summed E-state index contributed by atoms with van der Waals surface area (Å²) in [6.07, 6.45) is 5.42. The maximum atomic E-state index is 12.4. The SMILES string of the molecule is Cc1ccc(NC(=O)N2CCCC(Cn3cncn3)C2)cc1. The molecule has 1 aliphatic heterocycles. The van der Waals surface area contributed by atoms with E-state index in [4.69, 9.17) is 0 Å². The van der Waals surface area contributed by atoms with Gasteiger partial charge in [0.1, 0.15) is 12.7 Å². The number of aromatic nitrogens is 3. The number of amides is 2. The molecule has 116 valence electrons. The summed E-state index contributed by atoms with van der Waals surface area (Å²) >= 11 is 0. The average molecular weight is 299 g/mol. The van der Waals surface area contributed by atoms with Crippen LogP contribution in [0.5, 0.6) is 0 Å². The normalized spacial score (nSPS) is 18.2. The molecule has 0 radical (unpaired) electrons. The van der Waals surface area contributed by atoms with E-state index in [-0.39, 0.29) is 6.03 Å². The number of rotatable bonds is 3. The summed E-state index contributed by atoms with van der Waals surface area (Å²) in [7, 11) is 0. The van der Waals surface area contributed by atoms with Crippen LogP contribution in [-0.4, -0.2) is 38.8 Å². The molecule has 0 saturated carbocycles. The Hall–Kier alpha value is -2.37. The molecule has 22 heavy (non-hydrogen) atoms. The van der Waals surface area contributed by atoms with Crippen LogP contribution in [0.1, 0.15) is 18.4 Å². The zero-order valence-electron chi connectivity index (χ0n) is 12.8. The second-order valence-electron chi connectivity index (χ2n) is 5.87. The minimum Gasteiger partial charge on any atom is -0.324 e. The molecule has 1 N–H and O–H groups in total. The van der Waals surface area contributed by atoms with Gasteiger partial charge in [0.25, 0.3) is 0 Å². The molecule has 1 aromatic heterocycles. The van der Waals surface area contributed by atoms with E-state index in [0.29, 0.717) is 5.92 Å². The third-order valence-corrected chi connectivity index (χ3v) is 4.02.